The van der Waals surface area contributed by atoms with Gasteiger partial charge in [0.25, 0.3) is 10.1 Å². The fraction of sp³-hybridized carbons (Fsp3) is 0.368. The smallest absolute Gasteiger partial charge is 0.294 e. The van der Waals surface area contributed by atoms with Crippen molar-refractivity contribution in [3.63, 3.8) is 0 Å². The molecular weight excluding hydrogens is 340 g/mol. The minimum Gasteiger partial charge on any atom is -0.504 e. The normalized spacial score (nSPS) is 11.4. The first-order valence-electron chi connectivity index (χ1n) is 8.48. The Bertz CT molecular complexity index is 785. The molecule has 0 heterocycles. The lowest BCUT2D eigenvalue weighted by Crippen LogP contribution is -2.05. The van der Waals surface area contributed by atoms with Crippen molar-refractivity contribution in [2.24, 2.45) is 0 Å². The third-order valence-corrected chi connectivity index (χ3v) is 4.91. The zero-order valence-electron chi connectivity index (χ0n) is 14.3. The maximum atomic E-state index is 11.7. The summed E-state index contributed by atoms with van der Waals surface area (Å²) in [5, 5.41) is 10.2. The minimum absolute atomic E-state index is 0.0804. The second-order valence-corrected chi connectivity index (χ2v) is 7.33. The van der Waals surface area contributed by atoms with Crippen molar-refractivity contribution in [2.75, 3.05) is 0 Å². The lowest BCUT2D eigenvalue weighted by atomic mass is 10.0. The van der Waals surface area contributed by atoms with Gasteiger partial charge in [-0.25, -0.2) is 0 Å². The number of phenols is 1. The Labute approximate surface area is 149 Å². The van der Waals surface area contributed by atoms with Crippen LogP contribution in [0.3, 0.4) is 0 Å². The Morgan fingerprint density at radius 1 is 0.960 bits per heavy atom. The average molecular weight is 364 g/mol. The van der Waals surface area contributed by atoms with Gasteiger partial charge < -0.3 is 9.84 Å². The van der Waals surface area contributed by atoms with Gasteiger partial charge in [0.2, 0.25) is 0 Å². The highest BCUT2D eigenvalue weighted by Gasteiger charge is 2.22. The minimum atomic E-state index is -4.40. The molecule has 0 fully saturated rings. The zero-order chi connectivity index (χ0) is 18.3. The standard InChI is InChI=1S/C19H24O5S/c1-2-3-4-5-9-12-16-18(25(21,22)23)14-13-17(20)19(16)24-15-10-7-6-8-11-15/h6-8,10-11,13-14,20H,2-5,9,12H2,1H3,(H,21,22,23). The third kappa shape index (κ3) is 5.47. The molecule has 0 atom stereocenters. The Balaban J connectivity index is 2.34. The molecule has 2 N–H and O–H groups in total. The third-order valence-electron chi connectivity index (χ3n) is 3.97. The van der Waals surface area contributed by atoms with Crippen LogP contribution in [-0.4, -0.2) is 18.1 Å². The van der Waals surface area contributed by atoms with Crippen LogP contribution in [0.4, 0.5) is 0 Å². The van der Waals surface area contributed by atoms with Gasteiger partial charge in [0.15, 0.2) is 11.5 Å². The van der Waals surface area contributed by atoms with Crippen LogP contribution in [0.25, 0.3) is 0 Å². The molecule has 0 aliphatic rings. The van der Waals surface area contributed by atoms with Crippen molar-refractivity contribution in [1.29, 1.82) is 0 Å². The van der Waals surface area contributed by atoms with E-state index >= 15 is 0 Å². The number of hydrogen-bond donors (Lipinski definition) is 2. The molecule has 0 amide bonds. The lowest BCUT2D eigenvalue weighted by molar-refractivity contribution is 0.403. The van der Waals surface area contributed by atoms with Crippen LogP contribution in [0.15, 0.2) is 47.4 Å². The molecule has 0 unspecified atom stereocenters. The quantitative estimate of drug-likeness (QED) is 0.486. The van der Waals surface area contributed by atoms with Crippen molar-refractivity contribution in [2.45, 2.75) is 50.3 Å². The van der Waals surface area contributed by atoms with Gasteiger partial charge in [0, 0.05) is 5.56 Å². The monoisotopic (exact) mass is 364 g/mol. The van der Waals surface area contributed by atoms with Gasteiger partial charge in [-0.15, -0.1) is 0 Å². The van der Waals surface area contributed by atoms with Crippen LogP contribution in [0.1, 0.15) is 44.6 Å². The molecule has 2 rings (SSSR count). The summed E-state index contributed by atoms with van der Waals surface area (Å²) in [7, 11) is -4.40. The van der Waals surface area contributed by atoms with Gasteiger partial charge in [0.05, 0.1) is 0 Å². The van der Waals surface area contributed by atoms with E-state index in [9.17, 15) is 18.1 Å². The second-order valence-electron chi connectivity index (χ2n) is 5.94. The Hall–Kier alpha value is -2.05. The highest BCUT2D eigenvalue weighted by Crippen LogP contribution is 2.38. The number of ether oxygens (including phenoxy) is 1. The van der Waals surface area contributed by atoms with Gasteiger partial charge in [-0.05, 0) is 37.1 Å². The number of para-hydroxylation sites is 1. The van der Waals surface area contributed by atoms with Gasteiger partial charge >= 0.3 is 0 Å². The number of aromatic hydroxyl groups is 1. The van der Waals surface area contributed by atoms with Crippen LogP contribution in [0, 0.1) is 0 Å². The summed E-state index contributed by atoms with van der Waals surface area (Å²) in [6.07, 6.45) is 5.39. The molecule has 0 saturated heterocycles. The van der Waals surface area contributed by atoms with Crippen molar-refractivity contribution < 1.29 is 22.8 Å². The van der Waals surface area contributed by atoms with Crippen LogP contribution in [0.2, 0.25) is 0 Å². The predicted octanol–water partition coefficient (Wildman–Crippen LogP) is 4.94. The first kappa shape index (κ1) is 19.3. The Kier molecular flexibility index (Phi) is 6.84. The number of benzene rings is 2. The van der Waals surface area contributed by atoms with E-state index in [1.807, 2.05) is 6.07 Å². The van der Waals surface area contributed by atoms with E-state index in [-0.39, 0.29) is 16.4 Å². The topological polar surface area (TPSA) is 83.8 Å². The van der Waals surface area contributed by atoms with Crippen molar-refractivity contribution in [3.8, 4) is 17.2 Å². The van der Waals surface area contributed by atoms with Crippen LogP contribution in [0.5, 0.6) is 17.2 Å². The molecule has 0 saturated carbocycles. The molecule has 0 aliphatic heterocycles. The highest BCUT2D eigenvalue weighted by atomic mass is 32.2. The molecular formula is C19H24O5S. The van der Waals surface area contributed by atoms with Crippen molar-refractivity contribution in [3.05, 3.63) is 48.0 Å². The Morgan fingerprint density at radius 3 is 2.28 bits per heavy atom. The van der Waals surface area contributed by atoms with Crippen molar-refractivity contribution in [1.82, 2.24) is 0 Å². The summed E-state index contributed by atoms with van der Waals surface area (Å²) < 4.78 is 38.7. The summed E-state index contributed by atoms with van der Waals surface area (Å²) in [4.78, 5) is -0.216. The predicted molar refractivity (Wildman–Crippen MR) is 96.9 cm³/mol. The fourth-order valence-electron chi connectivity index (χ4n) is 2.70. The summed E-state index contributed by atoms with van der Waals surface area (Å²) >= 11 is 0. The van der Waals surface area contributed by atoms with E-state index in [2.05, 4.69) is 6.92 Å². The maximum absolute atomic E-state index is 11.7. The van der Waals surface area contributed by atoms with Crippen LogP contribution < -0.4 is 4.74 Å². The summed E-state index contributed by atoms with van der Waals surface area (Å²) in [5.74, 6) is 0.411. The molecule has 2 aromatic rings. The molecule has 0 aromatic heterocycles. The van der Waals surface area contributed by atoms with E-state index in [0.29, 0.717) is 17.7 Å². The molecule has 0 bridgehead atoms. The first-order valence-corrected chi connectivity index (χ1v) is 9.92. The SMILES string of the molecule is CCCCCCCc1c(S(=O)(=O)O)ccc(O)c1Oc1ccccc1. The summed E-state index contributed by atoms with van der Waals surface area (Å²) in [6, 6.07) is 11.3. The van der Waals surface area contributed by atoms with Crippen LogP contribution in [-0.2, 0) is 16.5 Å². The Morgan fingerprint density at radius 2 is 1.64 bits per heavy atom. The van der Waals surface area contributed by atoms with E-state index in [0.717, 1.165) is 32.1 Å². The number of unbranched alkanes of at least 4 members (excludes halogenated alkanes) is 4. The highest BCUT2D eigenvalue weighted by molar-refractivity contribution is 7.85. The van der Waals surface area contributed by atoms with Gasteiger partial charge in [-0.3, -0.25) is 4.55 Å². The second kappa shape index (κ2) is 8.87. The van der Waals surface area contributed by atoms with E-state index in [1.165, 1.54) is 12.1 Å². The zero-order valence-corrected chi connectivity index (χ0v) is 15.1. The molecule has 25 heavy (non-hydrogen) atoms. The van der Waals surface area contributed by atoms with E-state index in [4.69, 9.17) is 4.74 Å². The van der Waals surface area contributed by atoms with Crippen LogP contribution >= 0.6 is 0 Å². The fourth-order valence-corrected chi connectivity index (χ4v) is 3.45. The average Bonchev–Trinajstić information content (AvgIpc) is 2.57. The molecule has 0 aliphatic carbocycles. The molecule has 0 spiro atoms. The van der Waals surface area contributed by atoms with E-state index < -0.39 is 10.1 Å². The number of rotatable bonds is 9. The molecule has 5 nitrogen and oxygen atoms in total. The van der Waals surface area contributed by atoms with Gasteiger partial charge in [-0.1, -0.05) is 50.8 Å². The van der Waals surface area contributed by atoms with Gasteiger partial charge in [-0.2, -0.15) is 8.42 Å². The molecule has 136 valence electrons. The number of hydrogen-bond acceptors (Lipinski definition) is 4. The maximum Gasteiger partial charge on any atom is 0.294 e. The number of phenolic OH excluding ortho intramolecular Hbond substituents is 1. The molecule has 2 aromatic carbocycles. The first-order chi connectivity index (χ1) is 11.9. The summed E-state index contributed by atoms with van der Waals surface area (Å²) in [5.41, 5.74) is 0.308. The van der Waals surface area contributed by atoms with Gasteiger partial charge in [0.1, 0.15) is 10.6 Å². The summed E-state index contributed by atoms with van der Waals surface area (Å²) in [6.45, 7) is 2.12. The lowest BCUT2D eigenvalue weighted by Gasteiger charge is -2.15. The molecule has 6 heteroatoms. The van der Waals surface area contributed by atoms with Crippen molar-refractivity contribution >= 4 is 10.1 Å². The molecule has 0 radical (unpaired) electrons. The largest absolute Gasteiger partial charge is 0.504 e. The van der Waals surface area contributed by atoms with E-state index in [1.54, 1.807) is 24.3 Å².